The van der Waals surface area contributed by atoms with Crippen molar-refractivity contribution < 1.29 is 4.79 Å². The summed E-state index contributed by atoms with van der Waals surface area (Å²) in [5.41, 5.74) is 1.62. The van der Waals surface area contributed by atoms with Gasteiger partial charge in [0.1, 0.15) is 17.4 Å². The molecule has 0 bridgehead atoms. The highest BCUT2D eigenvalue weighted by Crippen LogP contribution is 2.21. The van der Waals surface area contributed by atoms with Gasteiger partial charge in [0.05, 0.1) is 17.6 Å². The fourth-order valence-electron chi connectivity index (χ4n) is 2.05. The van der Waals surface area contributed by atoms with Crippen molar-refractivity contribution in [3.63, 3.8) is 0 Å². The number of nitrogens with one attached hydrogen (secondary N) is 1. The van der Waals surface area contributed by atoms with E-state index in [0.29, 0.717) is 5.82 Å². The number of fused-ring (bicyclic) bond motifs is 1. The van der Waals surface area contributed by atoms with Crippen molar-refractivity contribution in [3.05, 3.63) is 24.3 Å². The van der Waals surface area contributed by atoms with E-state index in [2.05, 4.69) is 15.3 Å². The number of carbonyl (C=O) groups excluding carboxylic acids is 1. The minimum atomic E-state index is -0.358. The monoisotopic (exact) mass is 280 g/mol. The van der Waals surface area contributed by atoms with Gasteiger partial charge in [0, 0.05) is 12.2 Å². The molecular formula is C13H17ClN4O. The lowest BCUT2D eigenvalue weighted by Crippen LogP contribution is -2.36. The molecule has 0 aliphatic rings. The zero-order chi connectivity index (χ0) is 14.0. The molecule has 0 aliphatic carbocycles. The van der Waals surface area contributed by atoms with Crippen LogP contribution in [0, 0.1) is 0 Å². The lowest BCUT2D eigenvalue weighted by atomic mass is 10.2. The van der Waals surface area contributed by atoms with Gasteiger partial charge < -0.3 is 9.88 Å². The second-order valence-electron chi connectivity index (χ2n) is 4.74. The van der Waals surface area contributed by atoms with Crippen LogP contribution in [0.4, 0.5) is 0 Å². The highest BCUT2D eigenvalue weighted by Gasteiger charge is 2.21. The standard InChI is InChI=1S/C13H17ClN4O/c1-8(2)16-13(19)9(3)18-11-4-5-15-7-10(11)17-12(18)6-14/h4-5,7-9H,6H2,1-3H3,(H,16,19). The zero-order valence-corrected chi connectivity index (χ0v) is 12.0. The Morgan fingerprint density at radius 3 is 2.84 bits per heavy atom. The third kappa shape index (κ3) is 2.71. The molecule has 0 aliphatic heterocycles. The van der Waals surface area contributed by atoms with E-state index in [-0.39, 0.29) is 23.9 Å². The maximum atomic E-state index is 12.1. The third-order valence-corrected chi connectivity index (χ3v) is 3.12. The molecule has 0 fully saturated rings. The van der Waals surface area contributed by atoms with Crippen molar-refractivity contribution in [1.29, 1.82) is 0 Å². The Bertz CT molecular complexity index is 593. The van der Waals surface area contributed by atoms with E-state index < -0.39 is 0 Å². The number of hydrogen-bond acceptors (Lipinski definition) is 3. The molecule has 1 unspecified atom stereocenters. The molecule has 1 atom stereocenters. The summed E-state index contributed by atoms with van der Waals surface area (Å²) in [5.74, 6) is 0.891. The molecule has 0 radical (unpaired) electrons. The van der Waals surface area contributed by atoms with Gasteiger partial charge in [0.15, 0.2) is 0 Å². The van der Waals surface area contributed by atoms with Crippen molar-refractivity contribution in [1.82, 2.24) is 19.9 Å². The second kappa shape index (κ2) is 5.57. The molecule has 102 valence electrons. The van der Waals surface area contributed by atoms with Crippen LogP contribution in [0.1, 0.15) is 32.6 Å². The van der Waals surface area contributed by atoms with Gasteiger partial charge in [-0.15, -0.1) is 11.6 Å². The summed E-state index contributed by atoms with van der Waals surface area (Å²) in [6, 6.07) is 1.59. The van der Waals surface area contributed by atoms with Gasteiger partial charge in [-0.3, -0.25) is 9.78 Å². The van der Waals surface area contributed by atoms with E-state index in [4.69, 9.17) is 11.6 Å². The summed E-state index contributed by atoms with van der Waals surface area (Å²) in [6.07, 6.45) is 3.36. The van der Waals surface area contributed by atoms with Crippen molar-refractivity contribution >= 4 is 28.5 Å². The molecule has 2 aromatic heterocycles. The van der Waals surface area contributed by atoms with E-state index in [1.807, 2.05) is 31.4 Å². The van der Waals surface area contributed by atoms with Crippen LogP contribution in [0.3, 0.4) is 0 Å². The molecule has 2 heterocycles. The molecule has 0 saturated carbocycles. The van der Waals surface area contributed by atoms with Gasteiger partial charge in [0.25, 0.3) is 0 Å². The molecule has 19 heavy (non-hydrogen) atoms. The molecule has 0 saturated heterocycles. The minimum absolute atomic E-state index is 0.0440. The van der Waals surface area contributed by atoms with E-state index in [1.54, 1.807) is 12.4 Å². The van der Waals surface area contributed by atoms with Gasteiger partial charge in [-0.2, -0.15) is 0 Å². The molecule has 1 N–H and O–H groups in total. The second-order valence-corrected chi connectivity index (χ2v) is 5.00. The normalized spacial score (nSPS) is 12.9. The quantitative estimate of drug-likeness (QED) is 0.874. The summed E-state index contributed by atoms with van der Waals surface area (Å²) in [6.45, 7) is 5.71. The van der Waals surface area contributed by atoms with E-state index in [9.17, 15) is 4.79 Å². The van der Waals surface area contributed by atoms with Crippen LogP contribution in [0.25, 0.3) is 11.0 Å². The van der Waals surface area contributed by atoms with Gasteiger partial charge in [-0.1, -0.05) is 0 Å². The van der Waals surface area contributed by atoms with Crippen LogP contribution in [0.15, 0.2) is 18.5 Å². The molecule has 6 heteroatoms. The Morgan fingerprint density at radius 2 is 2.21 bits per heavy atom. The van der Waals surface area contributed by atoms with Crippen LogP contribution in [-0.4, -0.2) is 26.5 Å². The summed E-state index contributed by atoms with van der Waals surface area (Å²) >= 11 is 5.92. The molecule has 5 nitrogen and oxygen atoms in total. The first-order valence-corrected chi connectivity index (χ1v) is 6.75. The number of carbonyl (C=O) groups is 1. The van der Waals surface area contributed by atoms with Crippen molar-refractivity contribution in [2.24, 2.45) is 0 Å². The average Bonchev–Trinajstić information content (AvgIpc) is 2.75. The van der Waals surface area contributed by atoms with E-state index >= 15 is 0 Å². The maximum Gasteiger partial charge on any atom is 0.243 e. The van der Waals surface area contributed by atoms with Crippen LogP contribution in [-0.2, 0) is 10.7 Å². The summed E-state index contributed by atoms with van der Waals surface area (Å²) < 4.78 is 1.86. The first-order valence-electron chi connectivity index (χ1n) is 6.21. The molecule has 1 amide bonds. The van der Waals surface area contributed by atoms with Crippen molar-refractivity contribution in [2.45, 2.75) is 38.7 Å². The van der Waals surface area contributed by atoms with E-state index in [1.165, 1.54) is 0 Å². The summed E-state index contributed by atoms with van der Waals surface area (Å²) in [5, 5.41) is 2.90. The van der Waals surface area contributed by atoms with Crippen LogP contribution in [0.2, 0.25) is 0 Å². The highest BCUT2D eigenvalue weighted by molar-refractivity contribution is 6.16. The Hall–Kier alpha value is -1.62. The van der Waals surface area contributed by atoms with E-state index in [0.717, 1.165) is 11.0 Å². The number of alkyl halides is 1. The lowest BCUT2D eigenvalue weighted by Gasteiger charge is -2.18. The van der Waals surface area contributed by atoms with Crippen LogP contribution >= 0.6 is 11.6 Å². The molecule has 0 spiro atoms. The third-order valence-electron chi connectivity index (χ3n) is 2.88. The molecule has 2 rings (SSSR count). The number of aromatic nitrogens is 3. The fraction of sp³-hybridized carbons (Fsp3) is 0.462. The van der Waals surface area contributed by atoms with Gasteiger partial charge in [-0.25, -0.2) is 4.98 Å². The highest BCUT2D eigenvalue weighted by atomic mass is 35.5. The Balaban J connectivity index is 2.45. The number of amides is 1. The first kappa shape index (κ1) is 13.8. The maximum absolute atomic E-state index is 12.1. The number of hydrogen-bond donors (Lipinski definition) is 1. The van der Waals surface area contributed by atoms with Gasteiger partial charge in [0.2, 0.25) is 5.91 Å². The number of pyridine rings is 1. The SMILES string of the molecule is CC(C)NC(=O)C(C)n1c(CCl)nc2cnccc21. The summed E-state index contributed by atoms with van der Waals surface area (Å²) in [4.78, 5) is 20.6. The fourth-order valence-corrected chi connectivity index (χ4v) is 2.24. The van der Waals surface area contributed by atoms with Gasteiger partial charge >= 0.3 is 0 Å². The Kier molecular flexibility index (Phi) is 4.04. The average molecular weight is 281 g/mol. The van der Waals surface area contributed by atoms with Crippen LogP contribution < -0.4 is 5.32 Å². The van der Waals surface area contributed by atoms with Gasteiger partial charge in [-0.05, 0) is 26.8 Å². The predicted molar refractivity (Wildman–Crippen MR) is 75.1 cm³/mol. The topological polar surface area (TPSA) is 59.8 Å². The number of imidazole rings is 1. The predicted octanol–water partition coefficient (Wildman–Crippen LogP) is 2.26. The summed E-state index contributed by atoms with van der Waals surface area (Å²) in [7, 11) is 0. The first-order chi connectivity index (χ1) is 9.04. The van der Waals surface area contributed by atoms with Crippen LogP contribution in [0.5, 0.6) is 0 Å². The Morgan fingerprint density at radius 1 is 1.47 bits per heavy atom. The largest absolute Gasteiger partial charge is 0.352 e. The number of nitrogens with zero attached hydrogens (tertiary/aromatic N) is 3. The van der Waals surface area contributed by atoms with Crippen molar-refractivity contribution in [3.8, 4) is 0 Å². The molecular weight excluding hydrogens is 264 g/mol. The minimum Gasteiger partial charge on any atom is -0.352 e. The Labute approximate surface area is 117 Å². The molecule has 2 aromatic rings. The van der Waals surface area contributed by atoms with Crippen molar-refractivity contribution in [2.75, 3.05) is 0 Å². The number of halogens is 1. The zero-order valence-electron chi connectivity index (χ0n) is 11.2. The number of rotatable bonds is 4. The lowest BCUT2D eigenvalue weighted by molar-refractivity contribution is -0.124. The molecule has 0 aromatic carbocycles. The smallest absolute Gasteiger partial charge is 0.243 e.